The molecular formula is C18H26N2O5. The average Bonchev–Trinajstić information content (AvgIpc) is 2.53. The van der Waals surface area contributed by atoms with Gasteiger partial charge in [0.25, 0.3) is 5.91 Å². The maximum absolute atomic E-state index is 12.2. The van der Waals surface area contributed by atoms with Gasteiger partial charge in [-0.2, -0.15) is 0 Å². The van der Waals surface area contributed by atoms with Gasteiger partial charge in [-0.05, 0) is 38.8 Å². The SMILES string of the molecule is CC(=O)Nc1c(C)cccc1C(=O)OCC(=O)NCCCOC(C)C. The molecule has 138 valence electrons. The predicted molar refractivity (Wildman–Crippen MR) is 94.5 cm³/mol. The van der Waals surface area contributed by atoms with Crippen LogP contribution in [0.2, 0.25) is 0 Å². The second-order valence-corrected chi connectivity index (χ2v) is 5.88. The van der Waals surface area contributed by atoms with Crippen LogP contribution in [0.25, 0.3) is 0 Å². The first-order chi connectivity index (χ1) is 11.8. The molecule has 2 amide bonds. The number of rotatable bonds is 9. The highest BCUT2D eigenvalue weighted by Crippen LogP contribution is 2.21. The maximum Gasteiger partial charge on any atom is 0.340 e. The van der Waals surface area contributed by atoms with E-state index in [1.807, 2.05) is 13.8 Å². The third-order valence-electron chi connectivity index (χ3n) is 3.22. The number of hydrogen-bond acceptors (Lipinski definition) is 5. The molecule has 0 aliphatic rings. The van der Waals surface area contributed by atoms with Crippen LogP contribution in [0, 0.1) is 6.92 Å². The first-order valence-corrected chi connectivity index (χ1v) is 8.24. The molecule has 7 nitrogen and oxygen atoms in total. The Hall–Kier alpha value is -2.41. The van der Waals surface area contributed by atoms with E-state index in [0.717, 1.165) is 5.56 Å². The quantitative estimate of drug-likeness (QED) is 0.525. The smallest absolute Gasteiger partial charge is 0.340 e. The molecule has 1 rings (SSSR count). The minimum atomic E-state index is -0.661. The fourth-order valence-electron chi connectivity index (χ4n) is 2.06. The van der Waals surface area contributed by atoms with E-state index in [0.29, 0.717) is 25.3 Å². The van der Waals surface area contributed by atoms with E-state index in [2.05, 4.69) is 10.6 Å². The van der Waals surface area contributed by atoms with Gasteiger partial charge in [0, 0.05) is 20.1 Å². The molecule has 0 saturated heterocycles. The number of carbonyl (C=O) groups is 3. The lowest BCUT2D eigenvalue weighted by atomic mass is 10.1. The largest absolute Gasteiger partial charge is 0.452 e. The van der Waals surface area contributed by atoms with Crippen LogP contribution in [0.5, 0.6) is 0 Å². The molecule has 0 fully saturated rings. The molecule has 7 heteroatoms. The topological polar surface area (TPSA) is 93.7 Å². The third kappa shape index (κ3) is 7.80. The van der Waals surface area contributed by atoms with Crippen molar-refractivity contribution in [2.24, 2.45) is 0 Å². The lowest BCUT2D eigenvalue weighted by molar-refractivity contribution is -0.124. The normalized spacial score (nSPS) is 10.4. The van der Waals surface area contributed by atoms with E-state index < -0.39 is 5.97 Å². The molecule has 1 aromatic rings. The second kappa shape index (κ2) is 10.5. The van der Waals surface area contributed by atoms with E-state index >= 15 is 0 Å². The van der Waals surface area contributed by atoms with Crippen molar-refractivity contribution in [1.29, 1.82) is 0 Å². The summed E-state index contributed by atoms with van der Waals surface area (Å²) in [6.07, 6.45) is 0.839. The van der Waals surface area contributed by atoms with Crippen LogP contribution in [0.1, 0.15) is 43.1 Å². The van der Waals surface area contributed by atoms with E-state index in [4.69, 9.17) is 9.47 Å². The monoisotopic (exact) mass is 350 g/mol. The van der Waals surface area contributed by atoms with Crippen molar-refractivity contribution in [3.05, 3.63) is 29.3 Å². The Morgan fingerprint density at radius 2 is 1.92 bits per heavy atom. The van der Waals surface area contributed by atoms with Gasteiger partial charge in [-0.15, -0.1) is 0 Å². The van der Waals surface area contributed by atoms with Crippen molar-refractivity contribution in [2.45, 2.75) is 40.2 Å². The minimum absolute atomic E-state index is 0.156. The van der Waals surface area contributed by atoms with Crippen LogP contribution < -0.4 is 10.6 Å². The zero-order valence-electron chi connectivity index (χ0n) is 15.2. The van der Waals surface area contributed by atoms with E-state index in [9.17, 15) is 14.4 Å². The fourth-order valence-corrected chi connectivity index (χ4v) is 2.06. The highest BCUT2D eigenvalue weighted by Gasteiger charge is 2.16. The Labute approximate surface area is 148 Å². The molecule has 0 aliphatic carbocycles. The standard InChI is InChI=1S/C18H26N2O5/c1-12(2)24-10-6-9-19-16(22)11-25-18(23)15-8-5-7-13(3)17(15)20-14(4)21/h5,7-8,12H,6,9-11H2,1-4H3,(H,19,22)(H,20,21). The molecule has 0 heterocycles. The number of para-hydroxylation sites is 1. The number of anilines is 1. The van der Waals surface area contributed by atoms with Gasteiger partial charge >= 0.3 is 5.97 Å². The Kier molecular flexibility index (Phi) is 8.63. The van der Waals surface area contributed by atoms with E-state index in [1.165, 1.54) is 6.92 Å². The Morgan fingerprint density at radius 1 is 1.20 bits per heavy atom. The number of esters is 1. The van der Waals surface area contributed by atoms with Crippen molar-refractivity contribution < 1.29 is 23.9 Å². The van der Waals surface area contributed by atoms with Crippen LogP contribution in [0.3, 0.4) is 0 Å². The van der Waals surface area contributed by atoms with Crippen LogP contribution in [0.15, 0.2) is 18.2 Å². The number of carbonyl (C=O) groups excluding carboxylic acids is 3. The molecule has 25 heavy (non-hydrogen) atoms. The molecule has 0 atom stereocenters. The molecule has 0 spiro atoms. The van der Waals surface area contributed by atoms with Crippen LogP contribution >= 0.6 is 0 Å². The number of hydrogen-bond donors (Lipinski definition) is 2. The second-order valence-electron chi connectivity index (χ2n) is 5.88. The van der Waals surface area contributed by atoms with Gasteiger partial charge in [0.2, 0.25) is 5.91 Å². The Morgan fingerprint density at radius 3 is 2.56 bits per heavy atom. The Balaban J connectivity index is 2.48. The first-order valence-electron chi connectivity index (χ1n) is 8.24. The van der Waals surface area contributed by atoms with Gasteiger partial charge in [-0.25, -0.2) is 4.79 Å². The molecule has 0 bridgehead atoms. The van der Waals surface area contributed by atoms with Crippen molar-refractivity contribution in [3.63, 3.8) is 0 Å². The summed E-state index contributed by atoms with van der Waals surface area (Å²) in [5.74, 6) is -1.33. The molecule has 0 saturated carbocycles. The molecule has 1 aromatic carbocycles. The summed E-state index contributed by atoms with van der Waals surface area (Å²) in [5.41, 5.74) is 1.35. The van der Waals surface area contributed by atoms with Gasteiger partial charge in [0.05, 0.1) is 17.4 Å². The van der Waals surface area contributed by atoms with Gasteiger partial charge in [0.15, 0.2) is 6.61 Å². The average molecular weight is 350 g/mol. The molecule has 0 unspecified atom stereocenters. The van der Waals surface area contributed by atoms with Gasteiger partial charge < -0.3 is 20.1 Å². The summed E-state index contributed by atoms with van der Waals surface area (Å²) in [6.45, 7) is 7.65. The van der Waals surface area contributed by atoms with E-state index in [-0.39, 0.29) is 30.1 Å². The number of aryl methyl sites for hydroxylation is 1. The number of benzene rings is 1. The fraction of sp³-hybridized carbons (Fsp3) is 0.500. The summed E-state index contributed by atoms with van der Waals surface area (Å²) in [5, 5.41) is 5.27. The number of ether oxygens (including phenoxy) is 2. The number of nitrogens with one attached hydrogen (secondary N) is 2. The maximum atomic E-state index is 12.2. The highest BCUT2D eigenvalue weighted by atomic mass is 16.5. The van der Waals surface area contributed by atoms with Crippen molar-refractivity contribution in [1.82, 2.24) is 5.32 Å². The molecule has 0 radical (unpaired) electrons. The zero-order chi connectivity index (χ0) is 18.8. The summed E-state index contributed by atoms with van der Waals surface area (Å²) in [4.78, 5) is 35.2. The van der Waals surface area contributed by atoms with Crippen LogP contribution in [-0.4, -0.2) is 43.6 Å². The summed E-state index contributed by atoms with van der Waals surface area (Å²) >= 11 is 0. The lowest BCUT2D eigenvalue weighted by Gasteiger charge is -2.12. The molecule has 0 aromatic heterocycles. The van der Waals surface area contributed by atoms with Gasteiger partial charge in [-0.3, -0.25) is 9.59 Å². The van der Waals surface area contributed by atoms with Gasteiger partial charge in [-0.1, -0.05) is 12.1 Å². The predicted octanol–water partition coefficient (Wildman–Crippen LogP) is 2.04. The molecular weight excluding hydrogens is 324 g/mol. The summed E-state index contributed by atoms with van der Waals surface area (Å²) < 4.78 is 10.4. The van der Waals surface area contributed by atoms with Crippen molar-refractivity contribution >= 4 is 23.5 Å². The summed E-state index contributed by atoms with van der Waals surface area (Å²) in [6, 6.07) is 5.00. The number of amides is 2. The molecule has 0 aliphatic heterocycles. The Bertz CT molecular complexity index is 613. The van der Waals surface area contributed by atoms with Crippen molar-refractivity contribution in [2.75, 3.05) is 25.1 Å². The minimum Gasteiger partial charge on any atom is -0.452 e. The van der Waals surface area contributed by atoms with Gasteiger partial charge in [0.1, 0.15) is 0 Å². The lowest BCUT2D eigenvalue weighted by Crippen LogP contribution is -2.30. The first kappa shape index (κ1) is 20.6. The zero-order valence-corrected chi connectivity index (χ0v) is 15.2. The summed E-state index contributed by atoms with van der Waals surface area (Å²) in [7, 11) is 0. The third-order valence-corrected chi connectivity index (χ3v) is 3.22. The van der Waals surface area contributed by atoms with E-state index in [1.54, 1.807) is 25.1 Å². The highest BCUT2D eigenvalue weighted by molar-refractivity contribution is 6.02. The molecule has 2 N–H and O–H groups in total. The van der Waals surface area contributed by atoms with Crippen molar-refractivity contribution in [3.8, 4) is 0 Å². The van der Waals surface area contributed by atoms with Crippen LogP contribution in [-0.2, 0) is 19.1 Å². The van der Waals surface area contributed by atoms with Crippen LogP contribution in [0.4, 0.5) is 5.69 Å².